The Bertz CT molecular complexity index is 345. The van der Waals surface area contributed by atoms with Gasteiger partial charge in [-0.3, -0.25) is 0 Å². The molecule has 1 aliphatic heterocycles. The van der Waals surface area contributed by atoms with Gasteiger partial charge in [0, 0.05) is 26.2 Å². The minimum atomic E-state index is 0. The molecule has 98 valence electrons. The van der Waals surface area contributed by atoms with Crippen LogP contribution >= 0.6 is 24.8 Å². The lowest BCUT2D eigenvalue weighted by molar-refractivity contribution is 0.408. The number of anilines is 1. The molecule has 1 fully saturated rings. The van der Waals surface area contributed by atoms with E-state index in [-0.39, 0.29) is 24.8 Å². The van der Waals surface area contributed by atoms with Crippen molar-refractivity contribution in [1.82, 2.24) is 15.3 Å². The summed E-state index contributed by atoms with van der Waals surface area (Å²) < 4.78 is 5.27. The molecule has 0 bridgehead atoms. The number of methoxy groups -OCH3 is 1. The van der Waals surface area contributed by atoms with Gasteiger partial charge in [-0.15, -0.1) is 24.8 Å². The summed E-state index contributed by atoms with van der Waals surface area (Å²) in [6.07, 6.45) is 1.74. The van der Waals surface area contributed by atoms with Crippen molar-refractivity contribution in [3.8, 4) is 5.75 Å². The molecule has 0 radical (unpaired) electrons. The lowest BCUT2D eigenvalue weighted by atomic mass is 10.3. The van der Waals surface area contributed by atoms with Crippen LogP contribution in [0.15, 0.2) is 6.20 Å². The molecule has 0 amide bonds. The maximum Gasteiger partial charge on any atom is 0.179 e. The molecule has 1 aliphatic rings. The number of aryl methyl sites for hydroxylation is 1. The van der Waals surface area contributed by atoms with Crippen LogP contribution in [0.4, 0.5) is 5.82 Å². The number of ether oxygens (including phenoxy) is 1. The van der Waals surface area contributed by atoms with Crippen molar-refractivity contribution in [3.05, 3.63) is 12.0 Å². The molecule has 1 saturated heterocycles. The fourth-order valence-electron chi connectivity index (χ4n) is 1.69. The van der Waals surface area contributed by atoms with Gasteiger partial charge in [-0.1, -0.05) is 0 Å². The molecule has 0 atom stereocenters. The lowest BCUT2D eigenvalue weighted by Crippen LogP contribution is -2.44. The molecule has 0 spiro atoms. The summed E-state index contributed by atoms with van der Waals surface area (Å²) in [4.78, 5) is 10.8. The van der Waals surface area contributed by atoms with Crippen LogP contribution in [0.2, 0.25) is 0 Å². The molecular formula is C10H18Cl2N4O. The highest BCUT2D eigenvalue weighted by Crippen LogP contribution is 2.24. The van der Waals surface area contributed by atoms with Crippen LogP contribution in [0.5, 0.6) is 5.75 Å². The zero-order valence-electron chi connectivity index (χ0n) is 9.97. The maximum atomic E-state index is 5.27. The van der Waals surface area contributed by atoms with Crippen molar-refractivity contribution >= 4 is 30.6 Å². The molecule has 1 aromatic rings. The third kappa shape index (κ3) is 3.87. The monoisotopic (exact) mass is 280 g/mol. The van der Waals surface area contributed by atoms with E-state index < -0.39 is 0 Å². The Morgan fingerprint density at radius 2 is 1.94 bits per heavy atom. The highest BCUT2D eigenvalue weighted by Gasteiger charge is 2.16. The number of halogens is 2. The summed E-state index contributed by atoms with van der Waals surface area (Å²) in [6, 6.07) is 0. The SMILES string of the molecule is COc1cnc(C)nc1N1CCNCC1.Cl.Cl. The van der Waals surface area contributed by atoms with E-state index in [1.807, 2.05) is 6.92 Å². The average molecular weight is 281 g/mol. The Balaban J connectivity index is 0.00000128. The summed E-state index contributed by atoms with van der Waals surface area (Å²) in [5.74, 6) is 2.44. The number of rotatable bonds is 2. The smallest absolute Gasteiger partial charge is 0.179 e. The molecular weight excluding hydrogens is 263 g/mol. The van der Waals surface area contributed by atoms with Crippen LogP contribution in [0.3, 0.4) is 0 Å². The highest BCUT2D eigenvalue weighted by molar-refractivity contribution is 5.85. The minimum Gasteiger partial charge on any atom is -0.491 e. The number of hydrogen-bond acceptors (Lipinski definition) is 5. The molecule has 0 unspecified atom stereocenters. The Morgan fingerprint density at radius 3 is 2.53 bits per heavy atom. The number of piperazine rings is 1. The third-order valence-corrected chi connectivity index (χ3v) is 2.49. The van der Waals surface area contributed by atoms with Crippen LogP contribution in [0.25, 0.3) is 0 Å². The number of hydrogen-bond donors (Lipinski definition) is 1. The van der Waals surface area contributed by atoms with E-state index in [0.717, 1.165) is 43.6 Å². The Morgan fingerprint density at radius 1 is 1.29 bits per heavy atom. The summed E-state index contributed by atoms with van der Waals surface area (Å²) in [5.41, 5.74) is 0. The van der Waals surface area contributed by atoms with Gasteiger partial charge in [-0.25, -0.2) is 9.97 Å². The van der Waals surface area contributed by atoms with Crippen molar-refractivity contribution in [1.29, 1.82) is 0 Å². The first-order valence-corrected chi connectivity index (χ1v) is 5.14. The van der Waals surface area contributed by atoms with Crippen LogP contribution in [0.1, 0.15) is 5.82 Å². The molecule has 2 rings (SSSR count). The Hall–Kier alpha value is -0.780. The normalized spacial score (nSPS) is 14.6. The summed E-state index contributed by atoms with van der Waals surface area (Å²) in [7, 11) is 1.65. The molecule has 5 nitrogen and oxygen atoms in total. The first kappa shape index (κ1) is 16.2. The van der Waals surface area contributed by atoms with Gasteiger partial charge in [-0.2, -0.15) is 0 Å². The Kier molecular flexibility index (Phi) is 7.18. The lowest BCUT2D eigenvalue weighted by Gasteiger charge is -2.29. The van der Waals surface area contributed by atoms with E-state index in [0.29, 0.717) is 0 Å². The maximum absolute atomic E-state index is 5.27. The quantitative estimate of drug-likeness (QED) is 0.878. The van der Waals surface area contributed by atoms with Gasteiger partial charge in [0.05, 0.1) is 13.3 Å². The van der Waals surface area contributed by atoms with Gasteiger partial charge in [0.1, 0.15) is 5.82 Å². The highest BCUT2D eigenvalue weighted by atomic mass is 35.5. The van der Waals surface area contributed by atoms with Gasteiger partial charge in [0.25, 0.3) is 0 Å². The van der Waals surface area contributed by atoms with E-state index in [9.17, 15) is 0 Å². The van der Waals surface area contributed by atoms with Crippen LogP contribution in [0, 0.1) is 6.92 Å². The molecule has 17 heavy (non-hydrogen) atoms. The fourth-order valence-corrected chi connectivity index (χ4v) is 1.69. The van der Waals surface area contributed by atoms with E-state index in [1.54, 1.807) is 13.3 Å². The van der Waals surface area contributed by atoms with E-state index in [2.05, 4.69) is 20.2 Å². The van der Waals surface area contributed by atoms with E-state index >= 15 is 0 Å². The fraction of sp³-hybridized carbons (Fsp3) is 0.600. The van der Waals surface area contributed by atoms with Crippen molar-refractivity contribution in [3.63, 3.8) is 0 Å². The van der Waals surface area contributed by atoms with E-state index in [4.69, 9.17) is 4.74 Å². The predicted molar refractivity (Wildman–Crippen MR) is 72.9 cm³/mol. The van der Waals surface area contributed by atoms with E-state index in [1.165, 1.54) is 0 Å². The second kappa shape index (κ2) is 7.53. The second-order valence-corrected chi connectivity index (χ2v) is 3.55. The standard InChI is InChI=1S/C10H16N4O.2ClH/c1-8-12-7-9(15-2)10(13-8)14-5-3-11-4-6-14;;/h7,11H,3-6H2,1-2H3;2*1H. The molecule has 1 N–H and O–H groups in total. The van der Waals surface area contributed by atoms with Crippen molar-refractivity contribution in [2.75, 3.05) is 38.2 Å². The summed E-state index contributed by atoms with van der Waals surface area (Å²) >= 11 is 0. The largest absolute Gasteiger partial charge is 0.491 e. The third-order valence-electron chi connectivity index (χ3n) is 2.49. The van der Waals surface area contributed by atoms with Crippen molar-refractivity contribution in [2.45, 2.75) is 6.92 Å². The average Bonchev–Trinajstić information content (AvgIpc) is 2.30. The van der Waals surface area contributed by atoms with Gasteiger partial charge < -0.3 is 15.0 Å². The minimum absolute atomic E-state index is 0. The van der Waals surface area contributed by atoms with Gasteiger partial charge in [-0.05, 0) is 6.92 Å². The topological polar surface area (TPSA) is 50.3 Å². The number of nitrogens with zero attached hydrogens (tertiary/aromatic N) is 3. The zero-order chi connectivity index (χ0) is 10.7. The van der Waals surface area contributed by atoms with Crippen LogP contribution in [-0.2, 0) is 0 Å². The van der Waals surface area contributed by atoms with Crippen LogP contribution in [-0.4, -0.2) is 43.3 Å². The van der Waals surface area contributed by atoms with Gasteiger partial charge in [0.2, 0.25) is 0 Å². The summed E-state index contributed by atoms with van der Waals surface area (Å²) in [5, 5.41) is 3.31. The van der Waals surface area contributed by atoms with Gasteiger partial charge >= 0.3 is 0 Å². The number of nitrogens with one attached hydrogen (secondary N) is 1. The van der Waals surface area contributed by atoms with Crippen molar-refractivity contribution in [2.24, 2.45) is 0 Å². The van der Waals surface area contributed by atoms with Crippen LogP contribution < -0.4 is 15.0 Å². The summed E-state index contributed by atoms with van der Waals surface area (Å²) in [6.45, 7) is 5.81. The molecule has 0 aliphatic carbocycles. The number of aromatic nitrogens is 2. The predicted octanol–water partition coefficient (Wildman–Crippen LogP) is 1.05. The first-order valence-electron chi connectivity index (χ1n) is 5.14. The molecule has 1 aromatic heterocycles. The second-order valence-electron chi connectivity index (χ2n) is 3.55. The van der Waals surface area contributed by atoms with Gasteiger partial charge in [0.15, 0.2) is 11.6 Å². The zero-order valence-corrected chi connectivity index (χ0v) is 11.6. The molecule has 0 saturated carbocycles. The first-order chi connectivity index (χ1) is 7.31. The Labute approximate surface area is 114 Å². The molecule has 2 heterocycles. The van der Waals surface area contributed by atoms with Crippen molar-refractivity contribution < 1.29 is 4.74 Å². The molecule has 0 aromatic carbocycles. The molecule has 7 heteroatoms.